The second-order valence-corrected chi connectivity index (χ2v) is 45.1. The largest absolute Gasteiger partial charge is 0.309 e. The normalized spacial score (nSPS) is 12.4. The number of aromatic nitrogens is 6. The Kier molecular flexibility index (Phi) is 23.9. The van der Waals surface area contributed by atoms with E-state index < -0.39 is 69.0 Å². The van der Waals surface area contributed by atoms with Crippen molar-refractivity contribution in [1.29, 1.82) is 5.26 Å². The lowest BCUT2D eigenvalue weighted by atomic mass is 9.86. The van der Waals surface area contributed by atoms with Crippen molar-refractivity contribution in [3.05, 3.63) is 431 Å². The van der Waals surface area contributed by atoms with E-state index in [9.17, 15) is 14.0 Å². The zero-order valence-corrected chi connectivity index (χ0v) is 85.4. The molecule has 740 valence electrons. The van der Waals surface area contributed by atoms with Gasteiger partial charge in [-0.05, 0) is 272 Å². The van der Waals surface area contributed by atoms with E-state index in [1.54, 1.807) is 72.8 Å². The van der Waals surface area contributed by atoms with Crippen LogP contribution in [0.25, 0.3) is 198 Å². The van der Waals surface area contributed by atoms with Gasteiger partial charge in [-0.15, -0.1) is 0 Å². The Morgan fingerprint density at radius 2 is 0.477 bits per heavy atom. The van der Waals surface area contributed by atoms with Gasteiger partial charge in [0.15, 0.2) is 46.5 Å². The molecule has 0 unspecified atom stereocenters. The summed E-state index contributed by atoms with van der Waals surface area (Å²) in [5, 5.41) is 20.3. The van der Waals surface area contributed by atoms with Crippen molar-refractivity contribution < 1.29 is 43.9 Å². The minimum atomic E-state index is -2.32. The molecule has 149 heavy (non-hydrogen) atoms. The van der Waals surface area contributed by atoms with Crippen molar-refractivity contribution >= 4 is 131 Å². The number of fused-ring (bicyclic) bond motifs is 18. The van der Waals surface area contributed by atoms with Crippen LogP contribution in [-0.4, -0.2) is 27.4 Å². The Morgan fingerprint density at radius 1 is 0.208 bits per heavy atom. The molecule has 17 heteroatoms. The summed E-state index contributed by atoms with van der Waals surface area (Å²) in [6.45, 7) is 32.1. The molecule has 0 fully saturated rings. The van der Waals surface area contributed by atoms with Gasteiger partial charge >= 0.3 is 0 Å². The molecule has 0 N–H and O–H groups in total. The molecule has 7 nitrogen and oxygen atoms in total. The first-order valence-corrected chi connectivity index (χ1v) is 50.3. The molecule has 0 bridgehead atoms. The van der Waals surface area contributed by atoms with Gasteiger partial charge in [0.1, 0.15) is 23.0 Å². The summed E-state index contributed by atoms with van der Waals surface area (Å²) in [6.07, 6.45) is 2.11. The molecule has 18 aromatic carbocycles. The van der Waals surface area contributed by atoms with Gasteiger partial charge in [0.05, 0.1) is 89.0 Å². The summed E-state index contributed by atoms with van der Waals surface area (Å²) >= 11 is 0. The van der Waals surface area contributed by atoms with Crippen LogP contribution in [0.5, 0.6) is 0 Å². The summed E-state index contributed by atoms with van der Waals surface area (Å²) in [5.74, 6) is -17.4. The second kappa shape index (κ2) is 36.6. The van der Waals surface area contributed by atoms with Crippen LogP contribution >= 0.6 is 0 Å². The lowest BCUT2D eigenvalue weighted by Crippen LogP contribution is -2.14. The summed E-state index contributed by atoms with van der Waals surface area (Å²) < 4.78 is 171. The Bertz CT molecular complexity index is 9380. The van der Waals surface area contributed by atoms with E-state index in [0.29, 0.717) is 39.9 Å². The Labute approximate surface area is 857 Å². The van der Waals surface area contributed by atoms with E-state index in [-0.39, 0.29) is 60.8 Å². The van der Waals surface area contributed by atoms with Crippen molar-refractivity contribution in [2.75, 3.05) is 0 Å². The third-order valence-electron chi connectivity index (χ3n) is 28.7. The second-order valence-electron chi connectivity index (χ2n) is 45.1. The van der Waals surface area contributed by atoms with Crippen molar-refractivity contribution in [3.63, 3.8) is 0 Å². The summed E-state index contributed by atoms with van der Waals surface area (Å²) in [5.41, 5.74) is 18.0. The van der Waals surface area contributed by atoms with Crippen molar-refractivity contribution in [2.45, 2.75) is 134 Å². The van der Waals surface area contributed by atoms with Gasteiger partial charge in [-0.25, -0.2) is 43.9 Å². The van der Waals surface area contributed by atoms with E-state index >= 15 is 35.1 Å². The highest BCUT2D eigenvalue weighted by molar-refractivity contribution is 6.15. The molecule has 0 aliphatic heterocycles. The molecule has 24 aromatic rings. The van der Waals surface area contributed by atoms with Gasteiger partial charge < -0.3 is 27.4 Å². The Hall–Kier alpha value is -16.5. The average molecular weight is 1980 g/mol. The van der Waals surface area contributed by atoms with Crippen LogP contribution in [0.3, 0.4) is 0 Å². The fourth-order valence-electron chi connectivity index (χ4n) is 22.2. The lowest BCUT2D eigenvalue weighted by molar-refractivity contribution is 0.411. The van der Waals surface area contributed by atoms with Crippen molar-refractivity contribution in [2.24, 2.45) is 16.2 Å². The Balaban J connectivity index is 0.000000127. The zero-order chi connectivity index (χ0) is 104. The molecule has 6 aromatic heterocycles. The highest BCUT2D eigenvalue weighted by atomic mass is 19.2. The molecular formula is C132H107F10N7. The maximum absolute atomic E-state index is 17.4. The van der Waals surface area contributed by atoms with E-state index in [1.165, 1.54) is 62.8 Å². The molecule has 0 saturated heterocycles. The van der Waals surface area contributed by atoms with Crippen LogP contribution in [0.4, 0.5) is 43.9 Å². The van der Waals surface area contributed by atoms with Gasteiger partial charge in [-0.2, -0.15) is 5.26 Å². The number of rotatable bonds is 12. The van der Waals surface area contributed by atoms with Crippen molar-refractivity contribution in [1.82, 2.24) is 27.4 Å². The number of halogens is 10. The third kappa shape index (κ3) is 17.4. The van der Waals surface area contributed by atoms with Crippen LogP contribution in [0, 0.1) is 85.7 Å². The van der Waals surface area contributed by atoms with Crippen molar-refractivity contribution in [3.8, 4) is 73.6 Å². The lowest BCUT2D eigenvalue weighted by Gasteiger charge is -2.20. The summed E-state index contributed by atoms with van der Waals surface area (Å²) in [6, 6.07) is 114. The van der Waals surface area contributed by atoms with Gasteiger partial charge in [0.2, 0.25) is 0 Å². The summed E-state index contributed by atoms with van der Waals surface area (Å²) in [7, 11) is 0. The monoisotopic (exact) mass is 1980 g/mol. The highest BCUT2D eigenvalue weighted by Gasteiger charge is 2.38. The number of nitrogens with zero attached hydrogens (tertiary/aromatic N) is 7. The molecular weight excluding hydrogens is 1870 g/mol. The van der Waals surface area contributed by atoms with E-state index in [4.69, 9.17) is 0 Å². The molecule has 24 rings (SSSR count). The molecule has 0 aliphatic carbocycles. The number of hydrogen-bond acceptors (Lipinski definition) is 1. The van der Waals surface area contributed by atoms with E-state index in [2.05, 4.69) is 293 Å². The molecule has 0 saturated carbocycles. The topological polar surface area (TPSA) is 53.4 Å². The number of benzene rings is 18. The highest BCUT2D eigenvalue weighted by Crippen LogP contribution is 2.49. The zero-order valence-electron chi connectivity index (χ0n) is 85.4. The number of para-hydroxylation sites is 4. The van der Waals surface area contributed by atoms with Crippen LogP contribution in [0.15, 0.2) is 340 Å². The maximum Gasteiger partial charge on any atom is 0.197 e. The predicted octanol–water partition coefficient (Wildman–Crippen LogP) is 37.3. The average Bonchev–Trinajstić information content (AvgIpc) is 1.66. The SMILES string of the molecule is CC(C)(C)Cc1ccc2c(c1)c1ccccc1n2-c1cccc(-c2cccc(-n3c4ccccc4c4cc(C#N)ccc43)c2)c1.CC(C)(C)Cc1ccc2c3ccc(CC(C)(C)C)cc3n(-c3c(F)c(F)c(F)c(-c4c(F)c(F)c(F)c(-n5c6ccccc6c6ccccc65)c4F)c3F)c2c1.CC(C)(C)c1ccc2c(c1)c1cc(F)ccc1n2-c1cccc(-c2cccc(-n3c4ccc(F)cc4c4cc(C(C)(C)C)ccc43)c2)c1. The molecule has 6 heterocycles. The van der Waals surface area contributed by atoms with Gasteiger partial charge in [0.25, 0.3) is 0 Å². The fourth-order valence-corrected chi connectivity index (χ4v) is 22.2. The van der Waals surface area contributed by atoms with Crippen LogP contribution in [0.1, 0.15) is 137 Å². The minimum Gasteiger partial charge on any atom is -0.309 e. The molecule has 0 aliphatic rings. The predicted molar refractivity (Wildman–Crippen MR) is 593 cm³/mol. The van der Waals surface area contributed by atoms with Gasteiger partial charge in [-0.1, -0.05) is 268 Å². The first kappa shape index (κ1) is 97.3. The Morgan fingerprint density at radius 3 is 0.819 bits per heavy atom. The first-order chi connectivity index (χ1) is 71.1. The molecule has 0 radical (unpaired) electrons. The molecule has 0 atom stereocenters. The molecule has 0 spiro atoms. The number of nitriles is 1. The fraction of sp³-hybridized carbons (Fsp3) is 0.174. The third-order valence-corrected chi connectivity index (χ3v) is 28.7. The van der Waals surface area contributed by atoms with E-state index in [1.807, 2.05) is 77.9 Å². The van der Waals surface area contributed by atoms with Gasteiger partial charge in [-0.3, -0.25) is 0 Å². The van der Waals surface area contributed by atoms with Gasteiger partial charge in [0, 0.05) is 87.4 Å². The van der Waals surface area contributed by atoms with Crippen LogP contribution in [0.2, 0.25) is 0 Å². The van der Waals surface area contributed by atoms with Crippen LogP contribution in [-0.2, 0) is 30.1 Å². The minimum absolute atomic E-state index is 0.0275. The quantitative estimate of drug-likeness (QED) is 0.0683. The maximum atomic E-state index is 17.4. The van der Waals surface area contributed by atoms with Crippen LogP contribution < -0.4 is 0 Å². The molecule has 0 amide bonds. The first-order valence-electron chi connectivity index (χ1n) is 50.3. The standard InChI is InChI=1S/C46H36F8N2.C44H38F2N2.C42H33N3/c1-45(2,3)21-23-15-17-27-28-18-16-24(22-46(4,5)6)20-32(28)56(31(27)19-23)44-38(50)34(36(48)40(52)42(44)54)33-35(47)39(51)41(53)43(37(33)49)55-29-13-9-7-11-25(29)26-12-8-10-14-30(26)55;1-43(2,3)29-13-17-39-35(23-29)37-25-31(45)15-19-41(37)47(39)33-11-7-9-27(21-33)28-10-8-12-34(22-28)48-40-18-14-30(44(4,5)6)24-36(40)38-26-32(46)16-20-42(38)48;1-42(2,3)26-28-18-20-40-36(22-28)34-14-4-6-16-38(34)44(40)32-12-8-10-30(24-32)31-11-9-13-33(25-31)45-39-17-7-5-15-35(39)37-23-29(27-43)19-21-41(37)45/h7-20H,21-22H2,1-6H3;7-26H,1-6H3;4-25H,26H2,1-3H3. The smallest absolute Gasteiger partial charge is 0.197 e. The van der Waals surface area contributed by atoms with E-state index in [0.717, 1.165) is 137 Å². The summed E-state index contributed by atoms with van der Waals surface area (Å²) in [4.78, 5) is 0. The number of hydrogen-bond donors (Lipinski definition) is 0.